The van der Waals surface area contributed by atoms with Crippen LogP contribution in [0.3, 0.4) is 0 Å². The molecule has 6 nitrogen and oxygen atoms in total. The van der Waals surface area contributed by atoms with Crippen molar-refractivity contribution in [2.24, 2.45) is 0 Å². The van der Waals surface area contributed by atoms with Gasteiger partial charge in [0.25, 0.3) is 0 Å². The average molecular weight is 441 g/mol. The Morgan fingerprint density at radius 1 is 1.00 bits per heavy atom. The number of rotatable bonds is 6. The zero-order valence-corrected chi connectivity index (χ0v) is 17.2. The van der Waals surface area contributed by atoms with Gasteiger partial charge in [-0.25, -0.2) is 21.6 Å². The van der Waals surface area contributed by atoms with Gasteiger partial charge < -0.3 is 4.90 Å². The Balaban J connectivity index is 1.55. The molecule has 0 aliphatic carbocycles. The number of amides is 1. The van der Waals surface area contributed by atoms with E-state index < -0.39 is 27.5 Å². The van der Waals surface area contributed by atoms with E-state index in [1.807, 2.05) is 0 Å². The zero-order valence-electron chi connectivity index (χ0n) is 16.4. The molecule has 0 saturated carbocycles. The van der Waals surface area contributed by atoms with E-state index in [1.54, 1.807) is 11.9 Å². The second-order valence-corrected chi connectivity index (χ2v) is 9.09. The largest absolute Gasteiger partial charge is 0.339 e. The number of hydrogen-bond acceptors (Lipinski definition) is 4. The molecule has 0 bridgehead atoms. The number of sulfonamides is 1. The van der Waals surface area contributed by atoms with Crippen LogP contribution in [0.15, 0.2) is 47.4 Å². The smallest absolute Gasteiger partial charge is 0.243 e. The SMILES string of the molecule is CN(CC(=O)N1CCN(S(=O)(=O)c2cccc(F)c2)CC1)Cc1ccc(F)cc1F. The maximum absolute atomic E-state index is 13.8. The summed E-state index contributed by atoms with van der Waals surface area (Å²) in [5.41, 5.74) is 0.276. The van der Waals surface area contributed by atoms with Crippen molar-refractivity contribution in [3.63, 3.8) is 0 Å². The van der Waals surface area contributed by atoms with Crippen molar-refractivity contribution < 1.29 is 26.4 Å². The van der Waals surface area contributed by atoms with Gasteiger partial charge in [-0.3, -0.25) is 9.69 Å². The van der Waals surface area contributed by atoms with Crippen LogP contribution in [-0.4, -0.2) is 68.2 Å². The van der Waals surface area contributed by atoms with Crippen molar-refractivity contribution in [3.8, 4) is 0 Å². The number of piperazine rings is 1. The van der Waals surface area contributed by atoms with Gasteiger partial charge >= 0.3 is 0 Å². The Bertz CT molecular complexity index is 1020. The van der Waals surface area contributed by atoms with E-state index in [4.69, 9.17) is 0 Å². The van der Waals surface area contributed by atoms with Gasteiger partial charge in [0.05, 0.1) is 11.4 Å². The van der Waals surface area contributed by atoms with Gasteiger partial charge in [-0.15, -0.1) is 0 Å². The van der Waals surface area contributed by atoms with E-state index in [9.17, 15) is 26.4 Å². The topological polar surface area (TPSA) is 60.9 Å². The van der Waals surface area contributed by atoms with Gasteiger partial charge in [0.2, 0.25) is 15.9 Å². The fourth-order valence-electron chi connectivity index (χ4n) is 3.28. The maximum atomic E-state index is 13.8. The van der Waals surface area contributed by atoms with Gasteiger partial charge in [0.15, 0.2) is 0 Å². The molecular weight excluding hydrogens is 419 g/mol. The first-order valence-electron chi connectivity index (χ1n) is 9.33. The summed E-state index contributed by atoms with van der Waals surface area (Å²) in [4.78, 5) is 15.5. The van der Waals surface area contributed by atoms with E-state index in [0.29, 0.717) is 0 Å². The van der Waals surface area contributed by atoms with Crippen LogP contribution >= 0.6 is 0 Å². The second kappa shape index (κ2) is 9.15. The van der Waals surface area contributed by atoms with Crippen LogP contribution in [0.2, 0.25) is 0 Å². The highest BCUT2D eigenvalue weighted by atomic mass is 32.2. The van der Waals surface area contributed by atoms with Gasteiger partial charge in [-0.1, -0.05) is 12.1 Å². The van der Waals surface area contributed by atoms with Gasteiger partial charge in [-0.05, 0) is 31.3 Å². The lowest BCUT2D eigenvalue weighted by Crippen LogP contribution is -2.52. The molecular formula is C20H22F3N3O3S. The van der Waals surface area contributed by atoms with Crippen molar-refractivity contribution in [3.05, 3.63) is 65.5 Å². The highest BCUT2D eigenvalue weighted by Gasteiger charge is 2.30. The van der Waals surface area contributed by atoms with Crippen molar-refractivity contribution in [2.45, 2.75) is 11.4 Å². The third-order valence-corrected chi connectivity index (χ3v) is 6.78. The quantitative estimate of drug-likeness (QED) is 0.689. The van der Waals surface area contributed by atoms with Crippen LogP contribution in [0.25, 0.3) is 0 Å². The molecule has 3 rings (SSSR count). The number of likely N-dealkylation sites (N-methyl/N-ethyl adjacent to an activating group) is 1. The lowest BCUT2D eigenvalue weighted by Gasteiger charge is -2.34. The van der Waals surface area contributed by atoms with Gasteiger partial charge in [-0.2, -0.15) is 4.31 Å². The van der Waals surface area contributed by atoms with Crippen LogP contribution in [0.4, 0.5) is 13.2 Å². The molecule has 1 fully saturated rings. The minimum atomic E-state index is -3.83. The fourth-order valence-corrected chi connectivity index (χ4v) is 4.74. The summed E-state index contributed by atoms with van der Waals surface area (Å²) in [7, 11) is -2.19. The van der Waals surface area contributed by atoms with E-state index in [1.165, 1.54) is 33.5 Å². The first-order valence-corrected chi connectivity index (χ1v) is 10.8. The Hall–Kier alpha value is -2.43. The maximum Gasteiger partial charge on any atom is 0.243 e. The lowest BCUT2D eigenvalue weighted by molar-refractivity contribution is -0.133. The number of hydrogen-bond donors (Lipinski definition) is 0. The minimum Gasteiger partial charge on any atom is -0.339 e. The molecule has 1 aliphatic rings. The second-order valence-electron chi connectivity index (χ2n) is 7.15. The molecule has 0 aromatic heterocycles. The number of carbonyl (C=O) groups is 1. The molecule has 1 amide bonds. The monoisotopic (exact) mass is 441 g/mol. The standard InChI is InChI=1S/C20H22F3N3O3S/c1-24(13-15-5-6-17(22)12-19(15)23)14-20(27)25-7-9-26(10-8-25)30(28,29)18-4-2-3-16(21)11-18/h2-6,11-12H,7-10,13-14H2,1H3. The van der Waals surface area contributed by atoms with Crippen molar-refractivity contribution in [1.82, 2.24) is 14.1 Å². The van der Waals surface area contributed by atoms with Crippen LogP contribution in [0.5, 0.6) is 0 Å². The molecule has 0 radical (unpaired) electrons. The Morgan fingerprint density at radius 3 is 2.30 bits per heavy atom. The summed E-state index contributed by atoms with van der Waals surface area (Å²) >= 11 is 0. The summed E-state index contributed by atoms with van der Waals surface area (Å²) in [6.07, 6.45) is 0. The lowest BCUT2D eigenvalue weighted by atomic mass is 10.2. The number of carbonyl (C=O) groups excluding carboxylic acids is 1. The number of nitrogens with zero attached hydrogens (tertiary/aromatic N) is 3. The molecule has 2 aromatic carbocycles. The van der Waals surface area contributed by atoms with Crippen LogP contribution in [0.1, 0.15) is 5.56 Å². The highest BCUT2D eigenvalue weighted by molar-refractivity contribution is 7.89. The number of benzene rings is 2. The van der Waals surface area contributed by atoms with Gasteiger partial charge in [0, 0.05) is 44.4 Å². The van der Waals surface area contributed by atoms with Crippen molar-refractivity contribution >= 4 is 15.9 Å². The highest BCUT2D eigenvalue weighted by Crippen LogP contribution is 2.19. The summed E-state index contributed by atoms with van der Waals surface area (Å²) < 4.78 is 66.7. The molecule has 2 aromatic rings. The van der Waals surface area contributed by atoms with Crippen LogP contribution in [-0.2, 0) is 21.4 Å². The van der Waals surface area contributed by atoms with E-state index in [0.717, 1.165) is 18.2 Å². The normalized spacial score (nSPS) is 15.6. The van der Waals surface area contributed by atoms with E-state index >= 15 is 0 Å². The molecule has 1 saturated heterocycles. The van der Waals surface area contributed by atoms with E-state index in [-0.39, 0.29) is 55.6 Å². The third kappa shape index (κ3) is 5.18. The van der Waals surface area contributed by atoms with Crippen LogP contribution in [0, 0.1) is 17.5 Å². The minimum absolute atomic E-state index is 0.00740. The predicted octanol–water partition coefficient (Wildman–Crippen LogP) is 2.07. The molecule has 10 heteroatoms. The molecule has 1 aliphatic heterocycles. The Labute approximate surface area is 173 Å². The first-order chi connectivity index (χ1) is 14.2. The third-order valence-electron chi connectivity index (χ3n) is 4.89. The van der Waals surface area contributed by atoms with Crippen molar-refractivity contribution in [2.75, 3.05) is 39.8 Å². The van der Waals surface area contributed by atoms with Crippen LogP contribution < -0.4 is 0 Å². The summed E-state index contributed by atoms with van der Waals surface area (Å²) in [5, 5.41) is 0. The molecule has 0 N–H and O–H groups in total. The molecule has 1 heterocycles. The molecule has 30 heavy (non-hydrogen) atoms. The Morgan fingerprint density at radius 2 is 1.67 bits per heavy atom. The molecule has 0 spiro atoms. The summed E-state index contributed by atoms with van der Waals surface area (Å²) in [6.45, 7) is 0.735. The number of halogens is 3. The van der Waals surface area contributed by atoms with Crippen molar-refractivity contribution in [1.29, 1.82) is 0 Å². The van der Waals surface area contributed by atoms with E-state index in [2.05, 4.69) is 0 Å². The Kier molecular flexibility index (Phi) is 6.79. The summed E-state index contributed by atoms with van der Waals surface area (Å²) in [5.74, 6) is -2.19. The molecule has 162 valence electrons. The first kappa shape index (κ1) is 22.3. The molecule has 0 atom stereocenters. The average Bonchev–Trinajstić information content (AvgIpc) is 2.70. The predicted molar refractivity (Wildman–Crippen MR) is 104 cm³/mol. The molecule has 0 unspecified atom stereocenters. The van der Waals surface area contributed by atoms with Gasteiger partial charge in [0.1, 0.15) is 17.5 Å². The summed E-state index contributed by atoms with van der Waals surface area (Å²) in [6, 6.07) is 8.10. The zero-order chi connectivity index (χ0) is 21.9. The fraction of sp³-hybridized carbons (Fsp3) is 0.350.